The van der Waals surface area contributed by atoms with Crippen LogP contribution < -0.4 is 14.8 Å². The Hall–Kier alpha value is -3.66. The number of carbonyl (C=O) groups is 2. The number of nitrogens with zero attached hydrogens (tertiary/aromatic N) is 3. The van der Waals surface area contributed by atoms with Gasteiger partial charge in [0.25, 0.3) is 11.6 Å². The first-order valence-electron chi connectivity index (χ1n) is 10.6. The second-order valence-electron chi connectivity index (χ2n) is 7.18. The van der Waals surface area contributed by atoms with E-state index < -0.39 is 4.92 Å². The molecule has 0 aromatic heterocycles. The Kier molecular flexibility index (Phi) is 9.62. The maximum absolute atomic E-state index is 13.1. The number of hydrogen-bond donors (Lipinski definition) is 1. The van der Waals surface area contributed by atoms with E-state index in [9.17, 15) is 19.7 Å². The molecule has 0 spiro atoms. The fraction of sp³-hybridized carbons (Fsp3) is 0.391. The number of nitrogens with one attached hydrogen (secondary N) is 1. The van der Waals surface area contributed by atoms with Gasteiger partial charge in [-0.1, -0.05) is 13.8 Å². The van der Waals surface area contributed by atoms with Gasteiger partial charge in [0.2, 0.25) is 5.91 Å². The molecule has 0 atom stereocenters. The molecule has 0 aliphatic rings. The smallest absolute Gasteiger partial charge is 0.269 e. The van der Waals surface area contributed by atoms with Crippen molar-refractivity contribution >= 4 is 23.2 Å². The summed E-state index contributed by atoms with van der Waals surface area (Å²) in [5.41, 5.74) is 0.677. The van der Waals surface area contributed by atoms with Crippen LogP contribution in [-0.2, 0) is 4.79 Å². The standard InChI is InChI=1S/C23H30N4O6/c1-5-25(6-2)13-14-26(23(29)17-7-10-19(11-8-17)27(30)31)16-22(28)24-18-9-12-20(32-3)21(15-18)33-4/h7-12,15H,5-6,13-14,16H2,1-4H3,(H,24,28). The predicted octanol–water partition coefficient (Wildman–Crippen LogP) is 3.03. The van der Waals surface area contributed by atoms with Crippen LogP contribution >= 0.6 is 0 Å². The second kappa shape index (κ2) is 12.4. The van der Waals surface area contributed by atoms with Crippen molar-refractivity contribution in [1.29, 1.82) is 0 Å². The highest BCUT2D eigenvalue weighted by Gasteiger charge is 2.21. The lowest BCUT2D eigenvalue weighted by Crippen LogP contribution is -2.42. The highest BCUT2D eigenvalue weighted by atomic mass is 16.6. The lowest BCUT2D eigenvalue weighted by Gasteiger charge is -2.26. The summed E-state index contributed by atoms with van der Waals surface area (Å²) < 4.78 is 10.5. The Bertz CT molecular complexity index is 960. The number of benzene rings is 2. The number of hydrogen-bond acceptors (Lipinski definition) is 7. The average Bonchev–Trinajstić information content (AvgIpc) is 2.83. The number of likely N-dealkylation sites (N-methyl/N-ethyl adjacent to an activating group) is 1. The van der Waals surface area contributed by atoms with Crippen molar-refractivity contribution in [3.63, 3.8) is 0 Å². The number of non-ortho nitro benzene ring substituents is 1. The number of methoxy groups -OCH3 is 2. The van der Waals surface area contributed by atoms with Crippen LogP contribution in [0.15, 0.2) is 42.5 Å². The Labute approximate surface area is 193 Å². The first-order chi connectivity index (χ1) is 15.8. The number of nitro groups is 1. The van der Waals surface area contributed by atoms with E-state index in [0.717, 1.165) is 13.1 Å². The summed E-state index contributed by atoms with van der Waals surface area (Å²) in [6.45, 7) is 6.42. The van der Waals surface area contributed by atoms with Gasteiger partial charge in [0.1, 0.15) is 6.54 Å². The zero-order valence-corrected chi connectivity index (χ0v) is 19.4. The van der Waals surface area contributed by atoms with Crippen LogP contribution in [0.4, 0.5) is 11.4 Å². The van der Waals surface area contributed by atoms with Gasteiger partial charge in [-0.05, 0) is 37.4 Å². The molecule has 2 aromatic rings. The summed E-state index contributed by atoms with van der Waals surface area (Å²) in [5.74, 6) is 0.247. The van der Waals surface area contributed by atoms with Gasteiger partial charge in [-0.2, -0.15) is 0 Å². The van der Waals surface area contributed by atoms with Crippen molar-refractivity contribution in [3.05, 3.63) is 58.1 Å². The molecule has 0 saturated carbocycles. The van der Waals surface area contributed by atoms with E-state index in [1.807, 2.05) is 13.8 Å². The van der Waals surface area contributed by atoms with Gasteiger partial charge in [0.05, 0.1) is 19.1 Å². The summed E-state index contributed by atoms with van der Waals surface area (Å²) in [6, 6.07) is 10.3. The normalized spacial score (nSPS) is 10.6. The molecule has 0 heterocycles. The molecule has 0 aliphatic carbocycles. The first-order valence-corrected chi connectivity index (χ1v) is 10.6. The van der Waals surface area contributed by atoms with Crippen LogP contribution in [0.25, 0.3) is 0 Å². The molecule has 10 nitrogen and oxygen atoms in total. The van der Waals surface area contributed by atoms with Crippen LogP contribution in [0.1, 0.15) is 24.2 Å². The SMILES string of the molecule is CCN(CC)CCN(CC(=O)Nc1ccc(OC)c(OC)c1)C(=O)c1ccc([N+](=O)[O-])cc1. The second-order valence-corrected chi connectivity index (χ2v) is 7.18. The number of rotatable bonds is 12. The van der Waals surface area contributed by atoms with E-state index in [0.29, 0.717) is 30.3 Å². The molecule has 2 aromatic carbocycles. The molecule has 1 N–H and O–H groups in total. The van der Waals surface area contributed by atoms with Gasteiger partial charge in [-0.3, -0.25) is 19.7 Å². The zero-order valence-electron chi connectivity index (χ0n) is 19.4. The summed E-state index contributed by atoms with van der Waals surface area (Å²) >= 11 is 0. The van der Waals surface area contributed by atoms with E-state index in [-0.39, 0.29) is 29.6 Å². The fourth-order valence-electron chi connectivity index (χ4n) is 3.25. The Balaban J connectivity index is 2.17. The number of ether oxygens (including phenoxy) is 2. The van der Waals surface area contributed by atoms with Crippen molar-refractivity contribution in [2.75, 3.05) is 52.3 Å². The first kappa shape index (κ1) is 25.6. The molecule has 2 amide bonds. The van der Waals surface area contributed by atoms with E-state index in [4.69, 9.17) is 9.47 Å². The van der Waals surface area contributed by atoms with E-state index in [2.05, 4.69) is 10.2 Å². The average molecular weight is 459 g/mol. The number of carbonyl (C=O) groups excluding carboxylic acids is 2. The fourth-order valence-corrected chi connectivity index (χ4v) is 3.25. The molecule has 2 rings (SSSR count). The van der Waals surface area contributed by atoms with Gasteiger partial charge >= 0.3 is 0 Å². The molecular formula is C23H30N4O6. The van der Waals surface area contributed by atoms with Crippen molar-refractivity contribution < 1.29 is 24.0 Å². The number of nitro benzene ring substituents is 1. The third-order valence-electron chi connectivity index (χ3n) is 5.19. The van der Waals surface area contributed by atoms with Crippen LogP contribution in [0.2, 0.25) is 0 Å². The van der Waals surface area contributed by atoms with Crippen LogP contribution in [0, 0.1) is 10.1 Å². The summed E-state index contributed by atoms with van der Waals surface area (Å²) in [7, 11) is 3.02. The molecule has 33 heavy (non-hydrogen) atoms. The van der Waals surface area contributed by atoms with Gasteiger partial charge in [-0.15, -0.1) is 0 Å². The lowest BCUT2D eigenvalue weighted by atomic mass is 10.1. The molecular weight excluding hydrogens is 428 g/mol. The largest absolute Gasteiger partial charge is 0.493 e. The molecule has 0 fully saturated rings. The van der Waals surface area contributed by atoms with Crippen molar-refractivity contribution in [2.45, 2.75) is 13.8 Å². The van der Waals surface area contributed by atoms with Crippen LogP contribution in [-0.4, -0.2) is 73.5 Å². The summed E-state index contributed by atoms with van der Waals surface area (Å²) in [6.07, 6.45) is 0. The topological polar surface area (TPSA) is 114 Å². The van der Waals surface area contributed by atoms with Crippen molar-refractivity contribution in [2.24, 2.45) is 0 Å². The number of amides is 2. The molecule has 178 valence electrons. The van der Waals surface area contributed by atoms with Gasteiger partial charge in [0.15, 0.2) is 11.5 Å². The molecule has 0 aliphatic heterocycles. The minimum atomic E-state index is -0.525. The maximum Gasteiger partial charge on any atom is 0.269 e. The van der Waals surface area contributed by atoms with Crippen molar-refractivity contribution in [3.8, 4) is 11.5 Å². The monoisotopic (exact) mass is 458 g/mol. The molecule has 0 saturated heterocycles. The van der Waals surface area contributed by atoms with Crippen LogP contribution in [0.3, 0.4) is 0 Å². The molecule has 0 bridgehead atoms. The highest BCUT2D eigenvalue weighted by Crippen LogP contribution is 2.29. The van der Waals surface area contributed by atoms with E-state index in [1.165, 1.54) is 43.4 Å². The quantitative estimate of drug-likeness (QED) is 0.384. The zero-order chi connectivity index (χ0) is 24.4. The third-order valence-corrected chi connectivity index (χ3v) is 5.19. The van der Waals surface area contributed by atoms with Crippen molar-refractivity contribution in [1.82, 2.24) is 9.80 Å². The highest BCUT2D eigenvalue weighted by molar-refractivity contribution is 5.99. The summed E-state index contributed by atoms with van der Waals surface area (Å²) in [5, 5.41) is 13.7. The number of anilines is 1. The molecule has 10 heteroatoms. The maximum atomic E-state index is 13.1. The minimum Gasteiger partial charge on any atom is -0.493 e. The lowest BCUT2D eigenvalue weighted by molar-refractivity contribution is -0.384. The van der Waals surface area contributed by atoms with E-state index in [1.54, 1.807) is 18.2 Å². The Morgan fingerprint density at radius 3 is 2.15 bits per heavy atom. The Morgan fingerprint density at radius 1 is 0.970 bits per heavy atom. The molecule has 0 unspecified atom stereocenters. The van der Waals surface area contributed by atoms with Gasteiger partial charge < -0.3 is 24.6 Å². The predicted molar refractivity (Wildman–Crippen MR) is 125 cm³/mol. The van der Waals surface area contributed by atoms with Gasteiger partial charge in [0, 0.05) is 42.5 Å². The van der Waals surface area contributed by atoms with Crippen LogP contribution in [0.5, 0.6) is 11.5 Å². The minimum absolute atomic E-state index is 0.104. The molecule has 0 radical (unpaired) electrons. The van der Waals surface area contributed by atoms with E-state index >= 15 is 0 Å². The Morgan fingerprint density at radius 2 is 1.61 bits per heavy atom. The van der Waals surface area contributed by atoms with Gasteiger partial charge in [-0.25, -0.2) is 0 Å². The third kappa shape index (κ3) is 7.18. The summed E-state index contributed by atoms with van der Waals surface area (Å²) in [4.78, 5) is 39.8.